The van der Waals surface area contributed by atoms with Crippen molar-refractivity contribution in [3.63, 3.8) is 0 Å². The molecule has 2 saturated heterocycles. The molecule has 1 aromatic heterocycles. The van der Waals surface area contributed by atoms with Gasteiger partial charge in [0.05, 0.1) is 25.4 Å². The number of aromatic amines is 2. The maximum atomic E-state index is 11.1. The summed E-state index contributed by atoms with van der Waals surface area (Å²) >= 11 is 0. The van der Waals surface area contributed by atoms with Gasteiger partial charge in [-0.25, -0.2) is 9.59 Å². The van der Waals surface area contributed by atoms with Gasteiger partial charge in [-0.05, 0) is 0 Å². The lowest BCUT2D eigenvalue weighted by Gasteiger charge is -2.15. The zero-order chi connectivity index (χ0) is 12.5. The van der Waals surface area contributed by atoms with Gasteiger partial charge in [0.15, 0.2) is 0 Å². The van der Waals surface area contributed by atoms with Crippen LogP contribution in [0.1, 0.15) is 12.8 Å². The van der Waals surface area contributed by atoms with Crippen LogP contribution in [0.15, 0.2) is 9.59 Å². The van der Waals surface area contributed by atoms with Gasteiger partial charge in [0.1, 0.15) is 6.10 Å². The molecule has 2 atom stereocenters. The molecule has 2 unspecified atom stereocenters. The average Bonchev–Trinajstić information content (AvgIpc) is 3.11. The van der Waals surface area contributed by atoms with Gasteiger partial charge in [-0.3, -0.25) is 9.97 Å². The number of hydrogen-bond donors (Lipinski definition) is 2. The van der Waals surface area contributed by atoms with E-state index in [2.05, 4.69) is 9.97 Å². The molecule has 0 bridgehead atoms. The van der Waals surface area contributed by atoms with Crippen LogP contribution >= 0.6 is 0 Å². The molecule has 98 valence electrons. The Balaban J connectivity index is 1.68. The third kappa shape index (κ3) is 3.17. The molecule has 2 aliphatic rings. The molecule has 18 heavy (non-hydrogen) atoms. The summed E-state index contributed by atoms with van der Waals surface area (Å²) in [5.41, 5.74) is -1.35. The van der Waals surface area contributed by atoms with Crippen molar-refractivity contribution >= 4 is 0 Å². The van der Waals surface area contributed by atoms with Crippen LogP contribution in [0.2, 0.25) is 0 Å². The quantitative estimate of drug-likeness (QED) is 0.616. The molecule has 0 aliphatic carbocycles. The highest BCUT2D eigenvalue weighted by atomic mass is 16.6. The Kier molecular flexibility index (Phi) is 2.88. The van der Waals surface area contributed by atoms with Gasteiger partial charge in [0, 0.05) is 12.8 Å². The molecule has 2 aliphatic heterocycles. The summed E-state index contributed by atoms with van der Waals surface area (Å²) in [6, 6.07) is -0.0601. The van der Waals surface area contributed by atoms with Gasteiger partial charge in [-0.2, -0.15) is 0 Å². The monoisotopic (exact) mass is 255 g/mol. The van der Waals surface area contributed by atoms with Gasteiger partial charge in [-0.15, -0.1) is 4.98 Å². The molecule has 0 aromatic carbocycles. The SMILES string of the molecule is O=c1nc(OC(CC2CO2)CC2CO2)[nH]c(=O)[nH]1. The van der Waals surface area contributed by atoms with Gasteiger partial charge in [-0.1, -0.05) is 0 Å². The van der Waals surface area contributed by atoms with E-state index in [1.54, 1.807) is 0 Å². The lowest BCUT2D eigenvalue weighted by Crippen LogP contribution is -2.29. The Morgan fingerprint density at radius 2 is 1.83 bits per heavy atom. The van der Waals surface area contributed by atoms with Crippen LogP contribution in [-0.4, -0.2) is 46.5 Å². The Morgan fingerprint density at radius 1 is 1.22 bits per heavy atom. The minimum absolute atomic E-state index is 0.0601. The van der Waals surface area contributed by atoms with Crippen molar-refractivity contribution in [2.45, 2.75) is 31.2 Å². The summed E-state index contributed by atoms with van der Waals surface area (Å²) in [6.45, 7) is 1.45. The molecule has 0 saturated carbocycles. The van der Waals surface area contributed by atoms with Crippen molar-refractivity contribution < 1.29 is 14.2 Å². The molecule has 2 N–H and O–H groups in total. The lowest BCUT2D eigenvalue weighted by atomic mass is 10.1. The lowest BCUT2D eigenvalue weighted by molar-refractivity contribution is 0.141. The van der Waals surface area contributed by atoms with E-state index >= 15 is 0 Å². The van der Waals surface area contributed by atoms with Gasteiger partial charge in [0.2, 0.25) is 0 Å². The molecule has 8 heteroatoms. The molecular weight excluding hydrogens is 242 g/mol. The van der Waals surface area contributed by atoms with Crippen molar-refractivity contribution in [3.8, 4) is 6.01 Å². The highest BCUT2D eigenvalue weighted by molar-refractivity contribution is 4.92. The van der Waals surface area contributed by atoms with Gasteiger partial charge in [0.25, 0.3) is 0 Å². The minimum Gasteiger partial charge on any atom is -0.461 e. The van der Waals surface area contributed by atoms with E-state index in [9.17, 15) is 9.59 Å². The number of hydrogen-bond acceptors (Lipinski definition) is 6. The molecule has 0 spiro atoms. The zero-order valence-corrected chi connectivity index (χ0v) is 9.55. The molecule has 1 aromatic rings. The maximum Gasteiger partial charge on any atom is 0.353 e. The van der Waals surface area contributed by atoms with E-state index in [4.69, 9.17) is 14.2 Å². The standard InChI is InChI=1S/C10H13N3O5/c14-8-11-9(15)13-10(12-8)18-5(1-6-3-16-6)2-7-4-17-7/h5-7H,1-4H2,(H2,11,12,13,14,15). The van der Waals surface area contributed by atoms with Crippen molar-refractivity contribution in [2.75, 3.05) is 13.2 Å². The smallest absolute Gasteiger partial charge is 0.353 e. The first-order valence-corrected chi connectivity index (χ1v) is 5.79. The maximum absolute atomic E-state index is 11.1. The van der Waals surface area contributed by atoms with E-state index in [1.165, 1.54) is 0 Å². The summed E-state index contributed by atoms with van der Waals surface area (Å²) in [6.07, 6.45) is 1.63. The number of epoxide rings is 2. The Morgan fingerprint density at radius 3 is 2.33 bits per heavy atom. The third-order valence-corrected chi connectivity index (χ3v) is 2.78. The predicted octanol–water partition coefficient (Wildman–Crippen LogP) is -1.22. The summed E-state index contributed by atoms with van der Waals surface area (Å²) in [5.74, 6) is 0. The minimum atomic E-state index is -0.724. The molecule has 8 nitrogen and oxygen atoms in total. The molecule has 3 rings (SSSR count). The van der Waals surface area contributed by atoms with E-state index in [0.29, 0.717) is 12.8 Å². The molecule has 3 heterocycles. The third-order valence-electron chi connectivity index (χ3n) is 2.78. The van der Waals surface area contributed by atoms with Crippen LogP contribution in [0.4, 0.5) is 0 Å². The average molecular weight is 255 g/mol. The van der Waals surface area contributed by atoms with Crippen LogP contribution in [0.5, 0.6) is 6.01 Å². The Hall–Kier alpha value is -1.67. The Bertz CT molecular complexity index is 489. The zero-order valence-electron chi connectivity index (χ0n) is 9.55. The number of nitrogens with zero attached hydrogens (tertiary/aromatic N) is 1. The molecule has 0 radical (unpaired) electrons. The van der Waals surface area contributed by atoms with Crippen LogP contribution < -0.4 is 16.1 Å². The number of rotatable bonds is 6. The summed E-state index contributed by atoms with van der Waals surface area (Å²) in [4.78, 5) is 30.0. The highest BCUT2D eigenvalue weighted by Crippen LogP contribution is 2.24. The number of nitrogens with one attached hydrogen (secondary N) is 2. The Labute approximate surface area is 101 Å². The van der Waals surface area contributed by atoms with E-state index in [1.807, 2.05) is 4.98 Å². The normalized spacial score (nSPS) is 26.7. The fraction of sp³-hybridized carbons (Fsp3) is 0.700. The predicted molar refractivity (Wildman–Crippen MR) is 58.6 cm³/mol. The number of aromatic nitrogens is 3. The number of H-pyrrole nitrogens is 2. The van der Waals surface area contributed by atoms with E-state index < -0.39 is 11.4 Å². The van der Waals surface area contributed by atoms with Crippen LogP contribution in [0, 0.1) is 0 Å². The highest BCUT2D eigenvalue weighted by Gasteiger charge is 2.33. The first-order chi connectivity index (χ1) is 8.69. The second-order valence-corrected chi connectivity index (χ2v) is 4.42. The number of ether oxygens (including phenoxy) is 3. The molecular formula is C10H13N3O5. The summed E-state index contributed by atoms with van der Waals surface area (Å²) in [5, 5.41) is 0. The van der Waals surface area contributed by atoms with E-state index in [0.717, 1.165) is 13.2 Å². The summed E-state index contributed by atoms with van der Waals surface area (Å²) in [7, 11) is 0. The first-order valence-electron chi connectivity index (χ1n) is 5.79. The van der Waals surface area contributed by atoms with Crippen LogP contribution in [-0.2, 0) is 9.47 Å². The molecule has 0 amide bonds. The van der Waals surface area contributed by atoms with Crippen LogP contribution in [0.3, 0.4) is 0 Å². The fourth-order valence-electron chi connectivity index (χ4n) is 1.77. The van der Waals surface area contributed by atoms with Crippen molar-refractivity contribution in [1.29, 1.82) is 0 Å². The second kappa shape index (κ2) is 4.54. The summed E-state index contributed by atoms with van der Waals surface area (Å²) < 4.78 is 15.8. The van der Waals surface area contributed by atoms with Crippen molar-refractivity contribution in [2.24, 2.45) is 0 Å². The van der Waals surface area contributed by atoms with Crippen molar-refractivity contribution in [1.82, 2.24) is 15.0 Å². The second-order valence-electron chi connectivity index (χ2n) is 4.42. The largest absolute Gasteiger partial charge is 0.461 e. The van der Waals surface area contributed by atoms with Crippen LogP contribution in [0.25, 0.3) is 0 Å². The topological polar surface area (TPSA) is 113 Å². The molecule has 2 fully saturated rings. The van der Waals surface area contributed by atoms with E-state index in [-0.39, 0.29) is 24.3 Å². The van der Waals surface area contributed by atoms with Gasteiger partial charge >= 0.3 is 17.4 Å². The first kappa shape index (κ1) is 11.4. The van der Waals surface area contributed by atoms with Gasteiger partial charge < -0.3 is 14.2 Å². The van der Waals surface area contributed by atoms with Crippen molar-refractivity contribution in [3.05, 3.63) is 21.0 Å². The fourth-order valence-corrected chi connectivity index (χ4v) is 1.77.